The maximum atomic E-state index is 11.0. The molecular weight excluding hydrogens is 230 g/mol. The highest BCUT2D eigenvalue weighted by molar-refractivity contribution is 5.92. The molecule has 0 saturated carbocycles. The predicted molar refractivity (Wildman–Crippen MR) is 72.1 cm³/mol. The molecular formula is C14H21NO3. The van der Waals surface area contributed by atoms with Gasteiger partial charge in [0.05, 0.1) is 6.61 Å². The van der Waals surface area contributed by atoms with Crippen molar-refractivity contribution in [2.45, 2.75) is 39.0 Å². The van der Waals surface area contributed by atoms with Gasteiger partial charge >= 0.3 is 5.97 Å². The molecule has 0 fully saturated rings. The summed E-state index contributed by atoms with van der Waals surface area (Å²) in [6, 6.07) is 4.69. The van der Waals surface area contributed by atoms with Crippen molar-refractivity contribution in [2.75, 3.05) is 12.3 Å². The monoisotopic (exact) mass is 251 g/mol. The lowest BCUT2D eigenvalue weighted by Gasteiger charge is -2.09. The van der Waals surface area contributed by atoms with Gasteiger partial charge in [-0.2, -0.15) is 0 Å². The van der Waals surface area contributed by atoms with Crippen LogP contribution >= 0.6 is 0 Å². The number of benzene rings is 1. The van der Waals surface area contributed by atoms with E-state index in [4.69, 9.17) is 15.6 Å². The van der Waals surface area contributed by atoms with E-state index >= 15 is 0 Å². The van der Waals surface area contributed by atoms with Crippen molar-refractivity contribution in [3.05, 3.63) is 23.8 Å². The van der Waals surface area contributed by atoms with Crippen LogP contribution in [0.25, 0.3) is 0 Å². The highest BCUT2D eigenvalue weighted by atomic mass is 16.5. The first-order chi connectivity index (χ1) is 8.65. The van der Waals surface area contributed by atoms with E-state index in [0.29, 0.717) is 18.0 Å². The normalized spacial score (nSPS) is 10.3. The number of nitrogens with two attached hydrogens (primary N) is 1. The lowest BCUT2D eigenvalue weighted by atomic mass is 10.1. The van der Waals surface area contributed by atoms with Crippen molar-refractivity contribution in [2.24, 2.45) is 0 Å². The van der Waals surface area contributed by atoms with Crippen molar-refractivity contribution < 1.29 is 14.6 Å². The predicted octanol–water partition coefficient (Wildman–Crippen LogP) is 3.32. The molecule has 1 aromatic rings. The number of ether oxygens (including phenoxy) is 1. The number of nitrogen functional groups attached to an aromatic ring is 1. The maximum absolute atomic E-state index is 11.0. The molecule has 0 aliphatic heterocycles. The lowest BCUT2D eigenvalue weighted by molar-refractivity contribution is 0.0692. The minimum Gasteiger partial charge on any atom is -0.493 e. The summed E-state index contributed by atoms with van der Waals surface area (Å²) in [7, 11) is 0. The Balaban J connectivity index is 2.44. The van der Waals surface area contributed by atoms with E-state index in [-0.39, 0.29) is 5.56 Å². The smallest absolute Gasteiger partial charge is 0.339 e. The number of rotatable bonds is 8. The van der Waals surface area contributed by atoms with Gasteiger partial charge in [-0.3, -0.25) is 0 Å². The second-order valence-electron chi connectivity index (χ2n) is 4.32. The maximum Gasteiger partial charge on any atom is 0.339 e. The fraction of sp³-hybridized carbons (Fsp3) is 0.500. The first-order valence-electron chi connectivity index (χ1n) is 6.40. The summed E-state index contributed by atoms with van der Waals surface area (Å²) in [5.74, 6) is -0.615. The van der Waals surface area contributed by atoms with Crippen LogP contribution in [0.3, 0.4) is 0 Å². The minimum absolute atomic E-state index is 0.128. The molecule has 1 rings (SSSR count). The van der Waals surface area contributed by atoms with Gasteiger partial charge < -0.3 is 15.6 Å². The summed E-state index contributed by atoms with van der Waals surface area (Å²) in [5, 5.41) is 9.03. The van der Waals surface area contributed by atoms with Gasteiger partial charge in [0.25, 0.3) is 0 Å². The molecule has 0 bridgehead atoms. The SMILES string of the molecule is CCCCCCCOc1ccc(N)cc1C(=O)O. The number of anilines is 1. The fourth-order valence-electron chi connectivity index (χ4n) is 1.73. The van der Waals surface area contributed by atoms with E-state index < -0.39 is 5.97 Å². The Morgan fingerprint density at radius 3 is 2.67 bits per heavy atom. The van der Waals surface area contributed by atoms with Gasteiger partial charge in [-0.25, -0.2) is 4.79 Å². The van der Waals surface area contributed by atoms with Gasteiger partial charge in [0, 0.05) is 5.69 Å². The van der Waals surface area contributed by atoms with Crippen LogP contribution in [0.2, 0.25) is 0 Å². The first-order valence-corrected chi connectivity index (χ1v) is 6.40. The molecule has 0 unspecified atom stereocenters. The molecule has 0 radical (unpaired) electrons. The summed E-state index contributed by atoms with van der Waals surface area (Å²) >= 11 is 0. The van der Waals surface area contributed by atoms with E-state index in [1.165, 1.54) is 25.3 Å². The van der Waals surface area contributed by atoms with E-state index in [1.807, 2.05) is 0 Å². The van der Waals surface area contributed by atoms with E-state index in [1.54, 1.807) is 12.1 Å². The molecule has 0 aliphatic carbocycles. The van der Waals surface area contributed by atoms with Crippen LogP contribution in [0.1, 0.15) is 49.4 Å². The van der Waals surface area contributed by atoms with Crippen molar-refractivity contribution >= 4 is 11.7 Å². The number of hydrogen-bond acceptors (Lipinski definition) is 3. The standard InChI is InChI=1S/C14H21NO3/c1-2-3-4-5-6-9-18-13-8-7-11(15)10-12(13)14(16)17/h7-8,10H,2-6,9,15H2,1H3,(H,16,17). The Hall–Kier alpha value is -1.71. The zero-order chi connectivity index (χ0) is 13.4. The Labute approximate surface area is 108 Å². The molecule has 0 saturated heterocycles. The molecule has 0 amide bonds. The molecule has 1 aromatic carbocycles. The largest absolute Gasteiger partial charge is 0.493 e. The average Bonchev–Trinajstić information content (AvgIpc) is 2.35. The average molecular weight is 251 g/mol. The van der Waals surface area contributed by atoms with Crippen LogP contribution in [0.15, 0.2) is 18.2 Å². The van der Waals surface area contributed by atoms with Crippen LogP contribution < -0.4 is 10.5 Å². The van der Waals surface area contributed by atoms with Gasteiger partial charge in [-0.15, -0.1) is 0 Å². The van der Waals surface area contributed by atoms with E-state index in [0.717, 1.165) is 12.8 Å². The zero-order valence-corrected chi connectivity index (χ0v) is 10.8. The van der Waals surface area contributed by atoms with Gasteiger partial charge in [0.1, 0.15) is 11.3 Å². The van der Waals surface area contributed by atoms with Crippen molar-refractivity contribution in [1.29, 1.82) is 0 Å². The summed E-state index contributed by atoms with van der Waals surface area (Å²) < 4.78 is 5.50. The number of aromatic carboxylic acids is 1. The van der Waals surface area contributed by atoms with Crippen LogP contribution in [0.4, 0.5) is 5.69 Å². The van der Waals surface area contributed by atoms with Crippen LogP contribution in [0, 0.1) is 0 Å². The third-order valence-corrected chi connectivity index (χ3v) is 2.74. The molecule has 18 heavy (non-hydrogen) atoms. The minimum atomic E-state index is -1.01. The molecule has 0 aliphatic rings. The first kappa shape index (κ1) is 14.4. The quantitative estimate of drug-likeness (QED) is 0.549. The van der Waals surface area contributed by atoms with Crippen LogP contribution in [-0.4, -0.2) is 17.7 Å². The topological polar surface area (TPSA) is 72.5 Å². The molecule has 0 atom stereocenters. The van der Waals surface area contributed by atoms with Gasteiger partial charge in [-0.1, -0.05) is 32.6 Å². The van der Waals surface area contributed by atoms with E-state index in [9.17, 15) is 4.79 Å². The number of carboxylic acid groups (broad SMARTS) is 1. The summed E-state index contributed by atoms with van der Waals surface area (Å²) in [6.07, 6.45) is 5.71. The highest BCUT2D eigenvalue weighted by Gasteiger charge is 2.11. The summed E-state index contributed by atoms with van der Waals surface area (Å²) in [4.78, 5) is 11.0. The third kappa shape index (κ3) is 4.65. The Kier molecular flexibility index (Phi) is 6.05. The molecule has 4 heteroatoms. The second-order valence-corrected chi connectivity index (χ2v) is 4.32. The molecule has 100 valence electrons. The number of hydrogen-bond donors (Lipinski definition) is 2. The Bertz CT molecular complexity index is 391. The summed E-state index contributed by atoms with van der Waals surface area (Å²) in [5.41, 5.74) is 6.12. The van der Waals surface area contributed by atoms with Gasteiger partial charge in [0.15, 0.2) is 0 Å². The number of carbonyl (C=O) groups is 1. The Morgan fingerprint density at radius 2 is 2.00 bits per heavy atom. The molecule has 4 nitrogen and oxygen atoms in total. The van der Waals surface area contributed by atoms with Crippen LogP contribution in [0.5, 0.6) is 5.75 Å². The van der Waals surface area contributed by atoms with Crippen molar-refractivity contribution in [1.82, 2.24) is 0 Å². The van der Waals surface area contributed by atoms with Crippen molar-refractivity contribution in [3.63, 3.8) is 0 Å². The van der Waals surface area contributed by atoms with Gasteiger partial charge in [0.2, 0.25) is 0 Å². The third-order valence-electron chi connectivity index (χ3n) is 2.74. The van der Waals surface area contributed by atoms with Crippen molar-refractivity contribution in [3.8, 4) is 5.75 Å². The molecule has 3 N–H and O–H groups in total. The fourth-order valence-corrected chi connectivity index (χ4v) is 1.73. The molecule has 0 heterocycles. The Morgan fingerprint density at radius 1 is 1.28 bits per heavy atom. The van der Waals surface area contributed by atoms with Crippen LogP contribution in [-0.2, 0) is 0 Å². The highest BCUT2D eigenvalue weighted by Crippen LogP contribution is 2.21. The zero-order valence-electron chi connectivity index (χ0n) is 10.8. The number of carboxylic acids is 1. The second kappa shape index (κ2) is 7.58. The van der Waals surface area contributed by atoms with E-state index in [2.05, 4.69) is 6.92 Å². The van der Waals surface area contributed by atoms with Gasteiger partial charge in [-0.05, 0) is 24.6 Å². The molecule has 0 spiro atoms. The molecule has 0 aromatic heterocycles. The number of unbranched alkanes of at least 4 members (excludes halogenated alkanes) is 4. The summed E-state index contributed by atoms with van der Waals surface area (Å²) in [6.45, 7) is 2.72. The lowest BCUT2D eigenvalue weighted by Crippen LogP contribution is -2.05.